The lowest BCUT2D eigenvalue weighted by molar-refractivity contribution is 0.109. The van der Waals surface area contributed by atoms with Crippen LogP contribution in [0.25, 0.3) is 0 Å². The van der Waals surface area contributed by atoms with Crippen LogP contribution in [0.5, 0.6) is 0 Å². The van der Waals surface area contributed by atoms with E-state index in [1.165, 1.54) is 24.0 Å². The van der Waals surface area contributed by atoms with E-state index in [4.69, 9.17) is 4.65 Å². The SMILES string of the molecule is [B]1OC(c2ccccc2)(c2ccccc2)C2CCCN12. The summed E-state index contributed by atoms with van der Waals surface area (Å²) in [6.07, 6.45) is 2.42. The zero-order valence-electron chi connectivity index (χ0n) is 11.4. The van der Waals surface area contributed by atoms with Crippen molar-refractivity contribution in [3.8, 4) is 0 Å². The number of hydrogen-bond acceptors (Lipinski definition) is 2. The second kappa shape index (κ2) is 4.76. The Kier molecular flexibility index (Phi) is 2.90. The quantitative estimate of drug-likeness (QED) is 0.771. The molecule has 2 aromatic carbocycles. The van der Waals surface area contributed by atoms with E-state index in [9.17, 15) is 0 Å². The normalized spacial score (nSPS) is 24.3. The Morgan fingerprint density at radius 2 is 1.55 bits per heavy atom. The van der Waals surface area contributed by atoms with Gasteiger partial charge in [0.15, 0.2) is 0 Å². The summed E-state index contributed by atoms with van der Waals surface area (Å²) in [5.41, 5.74) is 2.15. The molecule has 2 saturated heterocycles. The van der Waals surface area contributed by atoms with Gasteiger partial charge in [-0.05, 0) is 30.5 Å². The summed E-state index contributed by atoms with van der Waals surface area (Å²) >= 11 is 0. The predicted molar refractivity (Wildman–Crippen MR) is 80.2 cm³/mol. The Morgan fingerprint density at radius 1 is 0.950 bits per heavy atom. The average Bonchev–Trinajstić information content (AvgIpc) is 3.11. The molecule has 1 atom stereocenters. The number of nitrogens with zero attached hydrogens (tertiary/aromatic N) is 1. The van der Waals surface area contributed by atoms with Crippen molar-refractivity contribution in [2.24, 2.45) is 0 Å². The number of hydrogen-bond donors (Lipinski definition) is 0. The third-order valence-corrected chi connectivity index (χ3v) is 4.54. The molecule has 0 spiro atoms. The van der Waals surface area contributed by atoms with E-state index in [0.29, 0.717) is 6.04 Å². The van der Waals surface area contributed by atoms with Gasteiger partial charge in [-0.3, -0.25) is 0 Å². The molecular formula is C17H17BNO. The average molecular weight is 262 g/mol. The molecule has 0 aromatic heterocycles. The van der Waals surface area contributed by atoms with Crippen molar-refractivity contribution in [1.82, 2.24) is 4.81 Å². The maximum atomic E-state index is 6.28. The molecule has 4 rings (SSSR count). The molecule has 1 unspecified atom stereocenters. The maximum absolute atomic E-state index is 6.28. The van der Waals surface area contributed by atoms with Gasteiger partial charge in [0, 0.05) is 6.04 Å². The molecule has 99 valence electrons. The zero-order valence-corrected chi connectivity index (χ0v) is 11.4. The molecule has 0 bridgehead atoms. The van der Waals surface area contributed by atoms with Gasteiger partial charge in [0.05, 0.1) is 0 Å². The van der Waals surface area contributed by atoms with Crippen LogP contribution in [0.3, 0.4) is 0 Å². The molecular weight excluding hydrogens is 245 g/mol. The van der Waals surface area contributed by atoms with Crippen molar-refractivity contribution in [2.45, 2.75) is 24.5 Å². The highest BCUT2D eigenvalue weighted by Gasteiger charge is 2.52. The van der Waals surface area contributed by atoms with E-state index < -0.39 is 0 Å². The summed E-state index contributed by atoms with van der Waals surface area (Å²) in [5, 5.41) is 0. The Bertz CT molecular complexity index is 547. The molecule has 3 heteroatoms. The lowest BCUT2D eigenvalue weighted by atomic mass is 9.79. The van der Waals surface area contributed by atoms with Crippen molar-refractivity contribution in [3.05, 3.63) is 71.8 Å². The fourth-order valence-corrected chi connectivity index (χ4v) is 3.64. The van der Waals surface area contributed by atoms with E-state index >= 15 is 0 Å². The Labute approximate surface area is 120 Å². The smallest absolute Gasteiger partial charge is 0.400 e. The van der Waals surface area contributed by atoms with Crippen LogP contribution >= 0.6 is 0 Å². The summed E-state index contributed by atoms with van der Waals surface area (Å²) < 4.78 is 6.28. The molecule has 0 saturated carbocycles. The standard InChI is InChI=1S/C17H17BNO/c1-3-8-14(9-4-1)17(15-10-5-2-6-11-15)16-12-7-13-19(16)18-20-17/h1-6,8-11,16H,7,12-13H2. The molecule has 0 aliphatic carbocycles. The molecule has 20 heavy (non-hydrogen) atoms. The molecule has 0 amide bonds. The topological polar surface area (TPSA) is 12.5 Å². The molecule has 1 radical (unpaired) electrons. The molecule has 2 heterocycles. The second-order valence-corrected chi connectivity index (χ2v) is 5.59. The van der Waals surface area contributed by atoms with E-state index in [0.717, 1.165) is 6.54 Å². The third-order valence-electron chi connectivity index (χ3n) is 4.54. The first-order valence-corrected chi connectivity index (χ1v) is 7.29. The van der Waals surface area contributed by atoms with Crippen molar-refractivity contribution >= 4 is 7.62 Å². The van der Waals surface area contributed by atoms with E-state index in [-0.39, 0.29) is 5.60 Å². The summed E-state index contributed by atoms with van der Waals surface area (Å²) in [6.45, 7) is 1.10. The first-order valence-electron chi connectivity index (χ1n) is 7.29. The highest BCUT2D eigenvalue weighted by molar-refractivity contribution is 6.25. The van der Waals surface area contributed by atoms with Crippen LogP contribution in [-0.4, -0.2) is 25.0 Å². The number of benzene rings is 2. The zero-order chi connectivity index (χ0) is 13.4. The first kappa shape index (κ1) is 12.2. The highest BCUT2D eigenvalue weighted by atomic mass is 16.5. The van der Waals surface area contributed by atoms with E-state index in [2.05, 4.69) is 65.5 Å². The monoisotopic (exact) mass is 262 g/mol. The van der Waals surface area contributed by atoms with Crippen LogP contribution in [0.15, 0.2) is 60.7 Å². The fourth-order valence-electron chi connectivity index (χ4n) is 3.64. The van der Waals surface area contributed by atoms with Gasteiger partial charge >= 0.3 is 7.62 Å². The molecule has 2 aliphatic rings. The van der Waals surface area contributed by atoms with E-state index in [1.807, 2.05) is 7.62 Å². The lowest BCUT2D eigenvalue weighted by Gasteiger charge is -2.36. The second-order valence-electron chi connectivity index (χ2n) is 5.59. The molecule has 2 fully saturated rings. The summed E-state index contributed by atoms with van der Waals surface area (Å²) in [5.74, 6) is 0. The van der Waals surface area contributed by atoms with Gasteiger partial charge in [-0.2, -0.15) is 0 Å². The van der Waals surface area contributed by atoms with Gasteiger partial charge in [0.1, 0.15) is 5.60 Å². The highest BCUT2D eigenvalue weighted by Crippen LogP contribution is 2.46. The largest absolute Gasteiger partial charge is 0.409 e. The molecule has 2 aliphatic heterocycles. The van der Waals surface area contributed by atoms with Gasteiger partial charge < -0.3 is 9.47 Å². The number of rotatable bonds is 2. The summed E-state index contributed by atoms with van der Waals surface area (Å²) in [6, 6.07) is 21.7. The van der Waals surface area contributed by atoms with E-state index in [1.54, 1.807) is 0 Å². The van der Waals surface area contributed by atoms with Crippen LogP contribution in [0.2, 0.25) is 0 Å². The molecule has 2 nitrogen and oxygen atoms in total. The van der Waals surface area contributed by atoms with Crippen molar-refractivity contribution < 1.29 is 4.65 Å². The van der Waals surface area contributed by atoms with Gasteiger partial charge in [0.2, 0.25) is 0 Å². The first-order chi connectivity index (χ1) is 9.91. The van der Waals surface area contributed by atoms with Crippen molar-refractivity contribution in [3.63, 3.8) is 0 Å². The maximum Gasteiger partial charge on any atom is 0.400 e. The lowest BCUT2D eigenvalue weighted by Crippen LogP contribution is -2.40. The fraction of sp³-hybridized carbons (Fsp3) is 0.294. The van der Waals surface area contributed by atoms with Crippen molar-refractivity contribution in [1.29, 1.82) is 0 Å². The van der Waals surface area contributed by atoms with Crippen LogP contribution in [-0.2, 0) is 10.3 Å². The van der Waals surface area contributed by atoms with Gasteiger partial charge in [-0.25, -0.2) is 0 Å². The third kappa shape index (κ3) is 1.67. The van der Waals surface area contributed by atoms with Crippen LogP contribution in [0.1, 0.15) is 24.0 Å². The minimum Gasteiger partial charge on any atom is -0.409 e. The predicted octanol–water partition coefficient (Wildman–Crippen LogP) is 2.96. The van der Waals surface area contributed by atoms with Gasteiger partial charge in [0.25, 0.3) is 0 Å². The Hall–Kier alpha value is -1.58. The molecule has 0 N–H and O–H groups in total. The minimum absolute atomic E-state index is 0.348. The summed E-state index contributed by atoms with van der Waals surface area (Å²) in [4.78, 5) is 2.36. The summed E-state index contributed by atoms with van der Waals surface area (Å²) in [7, 11) is 1.94. The number of fused-ring (bicyclic) bond motifs is 1. The van der Waals surface area contributed by atoms with Crippen molar-refractivity contribution in [2.75, 3.05) is 6.54 Å². The van der Waals surface area contributed by atoms with Gasteiger partial charge in [-0.1, -0.05) is 60.7 Å². The van der Waals surface area contributed by atoms with Gasteiger partial charge in [-0.15, -0.1) is 0 Å². The van der Waals surface area contributed by atoms with Crippen LogP contribution in [0, 0.1) is 0 Å². The minimum atomic E-state index is -0.348. The Morgan fingerprint density at radius 3 is 2.15 bits per heavy atom. The Balaban J connectivity index is 1.90. The van der Waals surface area contributed by atoms with Crippen LogP contribution in [0.4, 0.5) is 0 Å². The van der Waals surface area contributed by atoms with Crippen LogP contribution < -0.4 is 0 Å². The molecule has 2 aromatic rings.